The van der Waals surface area contributed by atoms with Crippen LogP contribution in [0, 0.1) is 23.7 Å². The van der Waals surface area contributed by atoms with E-state index in [-0.39, 0.29) is 0 Å². The second-order valence-electron chi connectivity index (χ2n) is 9.53. The van der Waals surface area contributed by atoms with Crippen LogP contribution in [0.4, 0.5) is 0 Å². The average molecular weight is 394 g/mol. The molecule has 0 bridgehead atoms. The molecular formula is C28H43N. The van der Waals surface area contributed by atoms with Crippen LogP contribution in [-0.4, -0.2) is 4.98 Å². The van der Waals surface area contributed by atoms with Gasteiger partial charge in [-0.25, -0.2) is 0 Å². The summed E-state index contributed by atoms with van der Waals surface area (Å²) in [5.41, 5.74) is 4.13. The number of aromatic nitrogens is 1. The van der Waals surface area contributed by atoms with Crippen molar-refractivity contribution in [2.24, 2.45) is 23.7 Å². The van der Waals surface area contributed by atoms with E-state index in [1.807, 2.05) is 0 Å². The van der Waals surface area contributed by atoms with Gasteiger partial charge in [0.05, 0.1) is 0 Å². The third kappa shape index (κ3) is 10.4. The Morgan fingerprint density at radius 2 is 1.14 bits per heavy atom. The highest BCUT2D eigenvalue weighted by Crippen LogP contribution is 2.20. The number of para-hydroxylation sites is 1. The first kappa shape index (κ1) is 25.0. The SMILES string of the molecule is CC(C)C(C)C.CC(C)Cc1c[nH]c2ccccc12.CC(C)Cc1ccccc1. The quantitative estimate of drug-likeness (QED) is 0.447. The molecule has 0 fully saturated rings. The molecule has 3 rings (SSSR count). The number of rotatable bonds is 5. The lowest BCUT2D eigenvalue weighted by atomic mass is 10.0. The minimum atomic E-state index is 0.721. The molecule has 160 valence electrons. The van der Waals surface area contributed by atoms with Gasteiger partial charge in [0, 0.05) is 17.1 Å². The minimum absolute atomic E-state index is 0.721. The highest BCUT2D eigenvalue weighted by atomic mass is 14.7. The molecule has 0 amide bonds. The molecule has 0 unspecified atom stereocenters. The Morgan fingerprint density at radius 3 is 1.66 bits per heavy atom. The number of hydrogen-bond donors (Lipinski definition) is 1. The van der Waals surface area contributed by atoms with Crippen molar-refractivity contribution in [1.29, 1.82) is 0 Å². The molecule has 1 N–H and O–H groups in total. The molecule has 2 aromatic carbocycles. The summed E-state index contributed by atoms with van der Waals surface area (Å²) >= 11 is 0. The molecule has 3 aromatic rings. The van der Waals surface area contributed by atoms with Crippen molar-refractivity contribution in [3.8, 4) is 0 Å². The minimum Gasteiger partial charge on any atom is -0.361 e. The Kier molecular flexibility index (Phi) is 11.4. The van der Waals surface area contributed by atoms with Crippen LogP contribution in [0.5, 0.6) is 0 Å². The normalized spacial score (nSPS) is 10.9. The molecule has 0 saturated carbocycles. The maximum absolute atomic E-state index is 3.29. The largest absolute Gasteiger partial charge is 0.361 e. The molecule has 0 saturated heterocycles. The Balaban J connectivity index is 0.000000235. The predicted molar refractivity (Wildman–Crippen MR) is 132 cm³/mol. The van der Waals surface area contributed by atoms with Crippen molar-refractivity contribution < 1.29 is 0 Å². The summed E-state index contributed by atoms with van der Waals surface area (Å²) in [7, 11) is 0. The highest BCUT2D eigenvalue weighted by Gasteiger charge is 2.03. The predicted octanol–water partition coefficient (Wildman–Crippen LogP) is 8.55. The number of H-pyrrole nitrogens is 1. The zero-order valence-corrected chi connectivity index (χ0v) is 20.0. The van der Waals surface area contributed by atoms with E-state index in [4.69, 9.17) is 0 Å². The molecule has 0 radical (unpaired) electrons. The molecule has 1 aromatic heterocycles. The van der Waals surface area contributed by atoms with Gasteiger partial charge in [-0.1, -0.05) is 104 Å². The monoisotopic (exact) mass is 393 g/mol. The van der Waals surface area contributed by atoms with Gasteiger partial charge >= 0.3 is 0 Å². The van der Waals surface area contributed by atoms with Crippen LogP contribution >= 0.6 is 0 Å². The first-order valence-electron chi connectivity index (χ1n) is 11.3. The van der Waals surface area contributed by atoms with E-state index in [1.165, 1.54) is 28.5 Å². The summed E-state index contributed by atoms with van der Waals surface area (Å²) in [6.07, 6.45) is 4.48. The van der Waals surface area contributed by atoms with Crippen molar-refractivity contribution in [2.45, 2.75) is 68.2 Å². The average Bonchev–Trinajstić information content (AvgIpc) is 3.05. The first-order valence-corrected chi connectivity index (χ1v) is 11.3. The van der Waals surface area contributed by atoms with Gasteiger partial charge in [-0.15, -0.1) is 0 Å². The molecule has 1 heterocycles. The molecule has 0 aliphatic carbocycles. The number of aromatic amines is 1. The van der Waals surface area contributed by atoms with Crippen molar-refractivity contribution in [2.75, 3.05) is 0 Å². The fourth-order valence-electron chi connectivity index (χ4n) is 2.83. The van der Waals surface area contributed by atoms with E-state index in [9.17, 15) is 0 Å². The van der Waals surface area contributed by atoms with E-state index < -0.39 is 0 Å². The van der Waals surface area contributed by atoms with Crippen LogP contribution in [0.3, 0.4) is 0 Å². The second kappa shape index (κ2) is 13.2. The van der Waals surface area contributed by atoms with Gasteiger partial charge in [0.2, 0.25) is 0 Å². The fraction of sp³-hybridized carbons (Fsp3) is 0.500. The van der Waals surface area contributed by atoms with Gasteiger partial charge in [-0.3, -0.25) is 0 Å². The molecule has 0 spiro atoms. The van der Waals surface area contributed by atoms with Gasteiger partial charge in [0.25, 0.3) is 0 Å². The molecule has 29 heavy (non-hydrogen) atoms. The van der Waals surface area contributed by atoms with Crippen LogP contribution in [0.2, 0.25) is 0 Å². The van der Waals surface area contributed by atoms with Crippen molar-refractivity contribution >= 4 is 10.9 Å². The smallest absolute Gasteiger partial charge is 0.0456 e. The summed E-state index contributed by atoms with van der Waals surface area (Å²) in [6.45, 7) is 18.0. The molecule has 0 aliphatic heterocycles. The molecule has 1 heteroatoms. The lowest BCUT2D eigenvalue weighted by molar-refractivity contribution is 0.457. The third-order valence-corrected chi connectivity index (χ3v) is 5.12. The van der Waals surface area contributed by atoms with Gasteiger partial charge in [0.1, 0.15) is 0 Å². The fourth-order valence-corrected chi connectivity index (χ4v) is 2.83. The van der Waals surface area contributed by atoms with Crippen molar-refractivity contribution in [3.63, 3.8) is 0 Å². The lowest BCUT2D eigenvalue weighted by Crippen LogP contribution is -1.95. The third-order valence-electron chi connectivity index (χ3n) is 5.12. The number of nitrogens with one attached hydrogen (secondary N) is 1. The maximum atomic E-state index is 3.29. The zero-order valence-electron chi connectivity index (χ0n) is 20.0. The van der Waals surface area contributed by atoms with Gasteiger partial charge in [0.15, 0.2) is 0 Å². The van der Waals surface area contributed by atoms with Crippen LogP contribution < -0.4 is 0 Å². The summed E-state index contributed by atoms with van der Waals surface area (Å²) in [6, 6.07) is 19.1. The Labute approximate surface area is 180 Å². The van der Waals surface area contributed by atoms with Crippen molar-refractivity contribution in [1.82, 2.24) is 4.98 Å². The van der Waals surface area contributed by atoms with Crippen molar-refractivity contribution in [3.05, 3.63) is 71.9 Å². The van der Waals surface area contributed by atoms with Crippen LogP contribution in [0.1, 0.15) is 66.5 Å². The first-order chi connectivity index (χ1) is 13.7. The maximum Gasteiger partial charge on any atom is 0.0456 e. The topological polar surface area (TPSA) is 15.8 Å². The molecule has 1 nitrogen and oxygen atoms in total. The standard InChI is InChI=1S/C12H15N.C10H14.C6H14/c1-9(2)7-10-8-13-12-6-4-3-5-11(10)12;1-9(2)8-10-6-4-3-5-7-10;1-5(2)6(3)4/h3-6,8-9,13H,7H2,1-2H3;3-7,9H,8H2,1-2H3;5-6H,1-4H3. The van der Waals surface area contributed by atoms with E-state index in [1.54, 1.807) is 0 Å². The number of benzene rings is 2. The van der Waals surface area contributed by atoms with E-state index in [0.29, 0.717) is 0 Å². The van der Waals surface area contributed by atoms with Gasteiger partial charge < -0.3 is 4.98 Å². The molecular weight excluding hydrogens is 350 g/mol. The second-order valence-corrected chi connectivity index (χ2v) is 9.53. The Morgan fingerprint density at radius 1 is 0.621 bits per heavy atom. The van der Waals surface area contributed by atoms with E-state index >= 15 is 0 Å². The lowest BCUT2D eigenvalue weighted by Gasteiger charge is -2.05. The summed E-state index contributed by atoms with van der Waals surface area (Å²) in [4.78, 5) is 3.29. The van der Waals surface area contributed by atoms with E-state index in [0.717, 1.165) is 30.1 Å². The van der Waals surface area contributed by atoms with Gasteiger partial charge in [-0.2, -0.15) is 0 Å². The van der Waals surface area contributed by atoms with Crippen LogP contribution in [0.25, 0.3) is 10.9 Å². The highest BCUT2D eigenvalue weighted by molar-refractivity contribution is 5.83. The number of fused-ring (bicyclic) bond motifs is 1. The van der Waals surface area contributed by atoms with Crippen LogP contribution in [-0.2, 0) is 12.8 Å². The summed E-state index contributed by atoms with van der Waals surface area (Å²) < 4.78 is 0. The zero-order chi connectivity index (χ0) is 21.8. The summed E-state index contributed by atoms with van der Waals surface area (Å²) in [5, 5.41) is 1.37. The summed E-state index contributed by atoms with van der Waals surface area (Å²) in [5.74, 6) is 3.19. The van der Waals surface area contributed by atoms with Crippen LogP contribution in [0.15, 0.2) is 60.8 Å². The Hall–Kier alpha value is -2.02. The molecule has 0 atom stereocenters. The molecule has 0 aliphatic rings. The Bertz CT molecular complexity index is 772. The van der Waals surface area contributed by atoms with E-state index in [2.05, 4.69) is 121 Å². The van der Waals surface area contributed by atoms with Gasteiger partial charge in [-0.05, 0) is 53.7 Å². The number of hydrogen-bond acceptors (Lipinski definition) is 0.